The Bertz CT molecular complexity index is 572. The summed E-state index contributed by atoms with van der Waals surface area (Å²) in [6.45, 7) is 0.416. The van der Waals surface area contributed by atoms with E-state index in [0.717, 1.165) is 22.7 Å². The van der Waals surface area contributed by atoms with Gasteiger partial charge in [0.25, 0.3) is 0 Å². The number of nitrogens with two attached hydrogens (primary N) is 1. The largest absolute Gasteiger partial charge is 0.497 e. The summed E-state index contributed by atoms with van der Waals surface area (Å²) >= 11 is 0. The third kappa shape index (κ3) is 2.85. The predicted molar refractivity (Wildman–Crippen MR) is 75.3 cm³/mol. The number of hydrogen-bond acceptors (Lipinski definition) is 3. The zero-order valence-electron chi connectivity index (χ0n) is 11.1. The minimum atomic E-state index is -0.262. The highest BCUT2D eigenvalue weighted by Crippen LogP contribution is 2.30. The Hall–Kier alpha value is -2.07. The summed E-state index contributed by atoms with van der Waals surface area (Å²) in [5.74, 6) is 0.483. The molecule has 0 amide bonds. The van der Waals surface area contributed by atoms with E-state index in [9.17, 15) is 4.39 Å². The lowest BCUT2D eigenvalue weighted by Gasteiger charge is -2.23. The van der Waals surface area contributed by atoms with E-state index in [1.54, 1.807) is 13.2 Å². The average Bonchev–Trinajstić information content (AvgIpc) is 2.45. The molecule has 0 atom stereocenters. The predicted octanol–water partition coefficient (Wildman–Crippen LogP) is 3.06. The molecule has 0 bridgehead atoms. The smallest absolute Gasteiger partial charge is 0.125 e. The van der Waals surface area contributed by atoms with E-state index in [1.807, 2.05) is 36.2 Å². The first kappa shape index (κ1) is 13.4. The summed E-state index contributed by atoms with van der Waals surface area (Å²) in [7, 11) is 3.49. The lowest BCUT2D eigenvalue weighted by atomic mass is 10.1. The molecule has 3 nitrogen and oxygen atoms in total. The fourth-order valence-corrected chi connectivity index (χ4v) is 1.98. The van der Waals surface area contributed by atoms with Gasteiger partial charge in [0, 0.05) is 31.0 Å². The van der Waals surface area contributed by atoms with Gasteiger partial charge in [0.1, 0.15) is 11.6 Å². The van der Waals surface area contributed by atoms with Crippen molar-refractivity contribution in [1.82, 2.24) is 0 Å². The molecule has 0 aromatic heterocycles. The highest BCUT2D eigenvalue weighted by Gasteiger charge is 2.10. The second kappa shape index (κ2) is 5.71. The number of nitrogens with zero attached hydrogens (tertiary/aromatic N) is 1. The molecule has 0 aliphatic rings. The normalized spacial score (nSPS) is 10.3. The molecule has 0 saturated heterocycles. The molecule has 2 aromatic rings. The average molecular weight is 260 g/mol. The number of rotatable bonds is 4. The van der Waals surface area contributed by atoms with Crippen molar-refractivity contribution in [3.05, 3.63) is 53.8 Å². The first-order valence-electron chi connectivity index (χ1n) is 6.02. The van der Waals surface area contributed by atoms with Crippen LogP contribution in [0.2, 0.25) is 0 Å². The van der Waals surface area contributed by atoms with Crippen LogP contribution < -0.4 is 15.4 Å². The van der Waals surface area contributed by atoms with Crippen molar-refractivity contribution >= 4 is 11.4 Å². The van der Waals surface area contributed by atoms with Crippen LogP contribution in [-0.4, -0.2) is 14.2 Å². The second-order valence-electron chi connectivity index (χ2n) is 4.24. The Balaban J connectivity index is 2.44. The molecule has 2 rings (SSSR count). The first-order valence-corrected chi connectivity index (χ1v) is 6.02. The monoisotopic (exact) mass is 260 g/mol. The van der Waals surface area contributed by atoms with E-state index in [-0.39, 0.29) is 5.82 Å². The molecule has 0 unspecified atom stereocenters. The summed E-state index contributed by atoms with van der Waals surface area (Å²) in [6.07, 6.45) is 0. The molecule has 0 saturated carbocycles. The number of benzene rings is 2. The van der Waals surface area contributed by atoms with Crippen LogP contribution in [0.4, 0.5) is 15.8 Å². The molecule has 0 radical (unpaired) electrons. The molecule has 0 aliphatic heterocycles. The third-order valence-corrected chi connectivity index (χ3v) is 3.07. The maximum atomic E-state index is 13.3. The van der Waals surface area contributed by atoms with E-state index in [0.29, 0.717) is 6.54 Å². The van der Waals surface area contributed by atoms with Gasteiger partial charge in [0.05, 0.1) is 7.11 Å². The SMILES string of the molecule is COc1ccc(CN)c(N(C)c2cccc(F)c2)c1. The van der Waals surface area contributed by atoms with E-state index < -0.39 is 0 Å². The Morgan fingerprint density at radius 3 is 2.63 bits per heavy atom. The number of methoxy groups -OCH3 is 1. The van der Waals surface area contributed by atoms with Gasteiger partial charge in [0.2, 0.25) is 0 Å². The van der Waals surface area contributed by atoms with Crippen molar-refractivity contribution < 1.29 is 9.13 Å². The summed E-state index contributed by atoms with van der Waals surface area (Å²) in [5, 5.41) is 0. The number of halogens is 1. The van der Waals surface area contributed by atoms with Crippen molar-refractivity contribution in [1.29, 1.82) is 0 Å². The molecule has 0 heterocycles. The lowest BCUT2D eigenvalue weighted by molar-refractivity contribution is 0.415. The fourth-order valence-electron chi connectivity index (χ4n) is 1.98. The van der Waals surface area contributed by atoms with Crippen LogP contribution in [0.3, 0.4) is 0 Å². The van der Waals surface area contributed by atoms with Gasteiger partial charge in [-0.3, -0.25) is 0 Å². The number of ether oxygens (including phenoxy) is 1. The fraction of sp³-hybridized carbons (Fsp3) is 0.200. The Morgan fingerprint density at radius 1 is 1.21 bits per heavy atom. The lowest BCUT2D eigenvalue weighted by Crippen LogP contribution is -2.13. The van der Waals surface area contributed by atoms with Gasteiger partial charge in [-0.15, -0.1) is 0 Å². The Kier molecular flexibility index (Phi) is 4.02. The number of anilines is 2. The van der Waals surface area contributed by atoms with E-state index in [1.165, 1.54) is 12.1 Å². The van der Waals surface area contributed by atoms with Gasteiger partial charge in [0.15, 0.2) is 0 Å². The molecule has 4 heteroatoms. The zero-order valence-corrected chi connectivity index (χ0v) is 11.1. The maximum Gasteiger partial charge on any atom is 0.125 e. The molecule has 100 valence electrons. The summed E-state index contributed by atoms with van der Waals surface area (Å²) in [5.41, 5.74) is 8.40. The van der Waals surface area contributed by atoms with Gasteiger partial charge >= 0.3 is 0 Å². The molecule has 19 heavy (non-hydrogen) atoms. The highest BCUT2D eigenvalue weighted by molar-refractivity contribution is 5.67. The van der Waals surface area contributed by atoms with Crippen LogP contribution in [0.15, 0.2) is 42.5 Å². The van der Waals surface area contributed by atoms with Gasteiger partial charge in [-0.05, 0) is 29.8 Å². The minimum absolute atomic E-state index is 0.262. The zero-order chi connectivity index (χ0) is 13.8. The van der Waals surface area contributed by atoms with Crippen molar-refractivity contribution in [2.24, 2.45) is 5.73 Å². The van der Waals surface area contributed by atoms with Gasteiger partial charge < -0.3 is 15.4 Å². The van der Waals surface area contributed by atoms with E-state index in [2.05, 4.69) is 0 Å². The quantitative estimate of drug-likeness (QED) is 0.918. The van der Waals surface area contributed by atoms with Crippen molar-refractivity contribution in [2.75, 3.05) is 19.1 Å². The van der Waals surface area contributed by atoms with E-state index in [4.69, 9.17) is 10.5 Å². The van der Waals surface area contributed by atoms with Crippen LogP contribution >= 0.6 is 0 Å². The molecule has 0 spiro atoms. The van der Waals surface area contributed by atoms with Crippen LogP contribution in [0, 0.1) is 5.82 Å². The molecule has 0 aliphatic carbocycles. The summed E-state index contributed by atoms with van der Waals surface area (Å²) in [4.78, 5) is 1.90. The third-order valence-electron chi connectivity index (χ3n) is 3.07. The van der Waals surface area contributed by atoms with Gasteiger partial charge in [-0.1, -0.05) is 12.1 Å². The van der Waals surface area contributed by atoms with Gasteiger partial charge in [-0.25, -0.2) is 4.39 Å². The molecule has 0 fully saturated rings. The Labute approximate surface area is 112 Å². The highest BCUT2D eigenvalue weighted by atomic mass is 19.1. The molecule has 2 aromatic carbocycles. The summed E-state index contributed by atoms with van der Waals surface area (Å²) < 4.78 is 18.5. The molecule has 2 N–H and O–H groups in total. The Morgan fingerprint density at radius 2 is 2.00 bits per heavy atom. The first-order chi connectivity index (χ1) is 9.15. The minimum Gasteiger partial charge on any atom is -0.497 e. The second-order valence-corrected chi connectivity index (χ2v) is 4.24. The summed E-state index contributed by atoms with van der Waals surface area (Å²) in [6, 6.07) is 12.1. The van der Waals surface area contributed by atoms with Crippen LogP contribution in [0.25, 0.3) is 0 Å². The van der Waals surface area contributed by atoms with Crippen molar-refractivity contribution in [3.63, 3.8) is 0 Å². The van der Waals surface area contributed by atoms with E-state index >= 15 is 0 Å². The number of hydrogen-bond donors (Lipinski definition) is 1. The van der Waals surface area contributed by atoms with Crippen LogP contribution in [0.1, 0.15) is 5.56 Å². The van der Waals surface area contributed by atoms with Gasteiger partial charge in [-0.2, -0.15) is 0 Å². The standard InChI is InChI=1S/C15H17FN2O/c1-18(13-5-3-4-12(16)8-13)15-9-14(19-2)7-6-11(15)10-17/h3-9H,10,17H2,1-2H3. The van der Waals surface area contributed by atoms with Crippen LogP contribution in [-0.2, 0) is 6.54 Å². The maximum absolute atomic E-state index is 13.3. The molecular weight excluding hydrogens is 243 g/mol. The topological polar surface area (TPSA) is 38.5 Å². The van der Waals surface area contributed by atoms with Crippen molar-refractivity contribution in [2.45, 2.75) is 6.54 Å². The van der Waals surface area contributed by atoms with Crippen molar-refractivity contribution in [3.8, 4) is 5.75 Å². The molecular formula is C15H17FN2O. The van der Waals surface area contributed by atoms with Crippen LogP contribution in [0.5, 0.6) is 5.75 Å².